The lowest BCUT2D eigenvalue weighted by atomic mass is 10.1. The van der Waals surface area contributed by atoms with E-state index in [9.17, 15) is 9.59 Å². The molecular weight excluding hydrogens is 380 g/mol. The molecule has 0 aliphatic carbocycles. The molecule has 3 heterocycles. The quantitative estimate of drug-likeness (QED) is 0.838. The molecule has 2 aliphatic rings. The number of aryl methyl sites for hydroxylation is 1. The van der Waals surface area contributed by atoms with Crippen molar-refractivity contribution < 1.29 is 9.59 Å². The van der Waals surface area contributed by atoms with Gasteiger partial charge in [-0.05, 0) is 25.1 Å². The Kier molecular flexibility index (Phi) is 5.62. The van der Waals surface area contributed by atoms with Gasteiger partial charge in [0.25, 0.3) is 5.91 Å². The van der Waals surface area contributed by atoms with Crippen molar-refractivity contribution in [3.8, 4) is 0 Å². The number of aromatic nitrogens is 2. The van der Waals surface area contributed by atoms with Crippen molar-refractivity contribution in [3.63, 3.8) is 0 Å². The molecule has 1 saturated heterocycles. The first-order valence-corrected chi connectivity index (χ1v) is 10.6. The van der Waals surface area contributed by atoms with Gasteiger partial charge in [0.15, 0.2) is 5.69 Å². The predicted octanol–water partition coefficient (Wildman–Crippen LogP) is 2.41. The Balaban J connectivity index is 1.71. The van der Waals surface area contributed by atoms with Crippen LogP contribution in [0.5, 0.6) is 0 Å². The number of fused-ring (bicyclic) bond motifs is 2. The lowest BCUT2D eigenvalue weighted by molar-refractivity contribution is -0.118. The van der Waals surface area contributed by atoms with Crippen molar-refractivity contribution in [2.75, 3.05) is 50.0 Å². The summed E-state index contributed by atoms with van der Waals surface area (Å²) in [6, 6.07) is 7.48. The van der Waals surface area contributed by atoms with Gasteiger partial charge in [0.2, 0.25) is 5.91 Å². The molecule has 1 aromatic heterocycles. The number of benzene rings is 1. The molecule has 0 unspecified atom stereocenters. The highest BCUT2D eigenvalue weighted by Crippen LogP contribution is 2.41. The van der Waals surface area contributed by atoms with Crippen molar-refractivity contribution in [1.29, 1.82) is 0 Å². The molecule has 8 heteroatoms. The minimum Gasteiger partial charge on any atom is -0.319 e. The van der Waals surface area contributed by atoms with Gasteiger partial charge >= 0.3 is 0 Å². The number of carbonyl (C=O) groups is 2. The molecule has 0 radical (unpaired) electrons. The van der Waals surface area contributed by atoms with Crippen LogP contribution < -0.4 is 10.2 Å². The van der Waals surface area contributed by atoms with E-state index in [0.717, 1.165) is 31.9 Å². The first kappa shape index (κ1) is 20.6. The predicted molar refractivity (Wildman–Crippen MR) is 117 cm³/mol. The van der Waals surface area contributed by atoms with Crippen molar-refractivity contribution in [3.05, 3.63) is 35.7 Å². The largest absolute Gasteiger partial charge is 0.319 e. The van der Waals surface area contributed by atoms with Crippen molar-refractivity contribution in [2.24, 2.45) is 7.05 Å². The third-order valence-corrected chi connectivity index (χ3v) is 5.91. The summed E-state index contributed by atoms with van der Waals surface area (Å²) in [6.07, 6.45) is 0.387. The van der Waals surface area contributed by atoms with Crippen molar-refractivity contribution in [1.82, 2.24) is 19.6 Å². The highest BCUT2D eigenvalue weighted by atomic mass is 16.2. The third-order valence-electron chi connectivity index (χ3n) is 5.91. The van der Waals surface area contributed by atoms with E-state index in [0.29, 0.717) is 35.7 Å². The van der Waals surface area contributed by atoms with E-state index in [1.165, 1.54) is 0 Å². The fourth-order valence-corrected chi connectivity index (χ4v) is 4.17. The zero-order valence-corrected chi connectivity index (χ0v) is 18.2. The highest BCUT2D eigenvalue weighted by molar-refractivity contribution is 6.17. The molecule has 0 atom stereocenters. The van der Waals surface area contributed by atoms with Gasteiger partial charge in [-0.3, -0.25) is 19.2 Å². The fraction of sp³-hybridized carbons (Fsp3) is 0.500. The highest BCUT2D eigenvalue weighted by Gasteiger charge is 2.35. The maximum atomic E-state index is 13.6. The lowest BCUT2D eigenvalue weighted by Crippen LogP contribution is -2.45. The molecule has 2 aromatic rings. The van der Waals surface area contributed by atoms with Crippen LogP contribution in [0.25, 0.3) is 0 Å². The Morgan fingerprint density at radius 3 is 2.53 bits per heavy atom. The molecule has 2 amide bonds. The Morgan fingerprint density at radius 1 is 1.13 bits per heavy atom. The second-order valence-electron chi connectivity index (χ2n) is 8.46. The second-order valence-corrected chi connectivity index (χ2v) is 8.46. The number of likely N-dealkylation sites (N-methyl/N-ethyl adjacent to an activating group) is 1. The molecule has 2 aliphatic heterocycles. The average Bonchev–Trinajstić information content (AvgIpc) is 2.99. The lowest BCUT2D eigenvalue weighted by Gasteiger charge is -2.32. The summed E-state index contributed by atoms with van der Waals surface area (Å²) in [4.78, 5) is 32.9. The number of anilines is 3. The van der Waals surface area contributed by atoms with Crippen molar-refractivity contribution >= 4 is 28.9 Å². The monoisotopic (exact) mass is 410 g/mol. The van der Waals surface area contributed by atoms with Gasteiger partial charge in [0, 0.05) is 46.2 Å². The molecule has 30 heavy (non-hydrogen) atoms. The summed E-state index contributed by atoms with van der Waals surface area (Å²) in [5, 5.41) is 7.55. The SMILES string of the molecule is CC(C)c1nn(C)c2c1N(C(=O)CCN1CCN(C)CC1)c1ccccc1NC2=O. The summed E-state index contributed by atoms with van der Waals surface area (Å²) >= 11 is 0. The van der Waals surface area contributed by atoms with E-state index in [-0.39, 0.29) is 17.7 Å². The molecule has 8 nitrogen and oxygen atoms in total. The molecule has 0 spiro atoms. The molecule has 160 valence electrons. The van der Waals surface area contributed by atoms with E-state index in [1.807, 2.05) is 38.1 Å². The molecule has 1 fully saturated rings. The topological polar surface area (TPSA) is 73.7 Å². The number of piperazine rings is 1. The third kappa shape index (κ3) is 3.73. The summed E-state index contributed by atoms with van der Waals surface area (Å²) in [7, 11) is 3.88. The zero-order chi connectivity index (χ0) is 21.4. The molecule has 4 rings (SSSR count). The van der Waals surface area contributed by atoms with Gasteiger partial charge < -0.3 is 15.1 Å². The first-order valence-electron chi connectivity index (χ1n) is 10.6. The van der Waals surface area contributed by atoms with Crippen LogP contribution in [0.15, 0.2) is 24.3 Å². The molecule has 1 aromatic carbocycles. The Hall–Kier alpha value is -2.71. The maximum Gasteiger partial charge on any atom is 0.276 e. The Labute approximate surface area is 177 Å². The minimum atomic E-state index is -0.242. The zero-order valence-electron chi connectivity index (χ0n) is 18.2. The van der Waals surface area contributed by atoms with E-state index in [2.05, 4.69) is 27.3 Å². The Bertz CT molecular complexity index is 959. The van der Waals surface area contributed by atoms with Crippen molar-refractivity contribution in [2.45, 2.75) is 26.2 Å². The summed E-state index contributed by atoms with van der Waals surface area (Å²) in [6.45, 7) is 8.74. The van der Waals surface area contributed by atoms with Crippen LogP contribution in [0.4, 0.5) is 17.1 Å². The maximum absolute atomic E-state index is 13.6. The number of hydrogen-bond donors (Lipinski definition) is 1. The van der Waals surface area contributed by atoms with Gasteiger partial charge in [-0.25, -0.2) is 0 Å². The number of para-hydroxylation sites is 2. The van der Waals surface area contributed by atoms with Crippen LogP contribution in [-0.2, 0) is 11.8 Å². The Morgan fingerprint density at radius 2 is 1.83 bits per heavy atom. The summed E-state index contributed by atoms with van der Waals surface area (Å²) < 4.78 is 1.59. The van der Waals surface area contributed by atoms with E-state index < -0.39 is 0 Å². The van der Waals surface area contributed by atoms with Crippen LogP contribution in [0.2, 0.25) is 0 Å². The molecule has 0 bridgehead atoms. The molecular formula is C22H30N6O2. The summed E-state index contributed by atoms with van der Waals surface area (Å²) in [5.41, 5.74) is 3.12. The number of carbonyl (C=O) groups excluding carboxylic acids is 2. The fourth-order valence-electron chi connectivity index (χ4n) is 4.17. The number of nitrogens with zero attached hydrogens (tertiary/aromatic N) is 5. The smallest absolute Gasteiger partial charge is 0.276 e. The van der Waals surface area contributed by atoms with Gasteiger partial charge in [-0.15, -0.1) is 0 Å². The second kappa shape index (κ2) is 8.20. The number of rotatable bonds is 4. The van der Waals surface area contributed by atoms with E-state index in [1.54, 1.807) is 16.6 Å². The van der Waals surface area contributed by atoms with E-state index >= 15 is 0 Å². The first-order chi connectivity index (χ1) is 14.4. The minimum absolute atomic E-state index is 0.0194. The summed E-state index contributed by atoms with van der Waals surface area (Å²) in [5.74, 6) is -0.186. The number of amides is 2. The molecule has 0 saturated carbocycles. The van der Waals surface area contributed by atoms with Gasteiger partial charge in [-0.1, -0.05) is 26.0 Å². The van der Waals surface area contributed by atoms with Gasteiger partial charge in [0.05, 0.1) is 17.1 Å². The van der Waals surface area contributed by atoms with Crippen LogP contribution in [0, 0.1) is 0 Å². The van der Waals surface area contributed by atoms with E-state index in [4.69, 9.17) is 0 Å². The van der Waals surface area contributed by atoms with Crippen LogP contribution in [0.1, 0.15) is 42.4 Å². The average molecular weight is 411 g/mol. The standard InChI is InChI=1S/C22H30N6O2/c1-15(2)19-20-21(26(4)24-19)22(30)23-16-7-5-6-8-17(16)28(20)18(29)9-10-27-13-11-25(3)12-14-27/h5-8,15H,9-14H2,1-4H3,(H,23,30). The van der Waals surface area contributed by atoms with Crippen LogP contribution >= 0.6 is 0 Å². The van der Waals surface area contributed by atoms with Gasteiger partial charge in [0.1, 0.15) is 5.69 Å². The normalized spacial score (nSPS) is 17.5. The number of nitrogens with one attached hydrogen (secondary N) is 1. The number of hydrogen-bond acceptors (Lipinski definition) is 5. The van der Waals surface area contributed by atoms with Crippen LogP contribution in [0.3, 0.4) is 0 Å². The molecule has 1 N–H and O–H groups in total. The van der Waals surface area contributed by atoms with Gasteiger partial charge in [-0.2, -0.15) is 5.10 Å². The van der Waals surface area contributed by atoms with Crippen LogP contribution in [-0.4, -0.2) is 71.2 Å².